The van der Waals surface area contributed by atoms with E-state index in [0.29, 0.717) is 6.92 Å². The third kappa shape index (κ3) is 4.53. The summed E-state index contributed by atoms with van der Waals surface area (Å²) in [6.45, 7) is -3.21. The third-order valence-corrected chi connectivity index (χ3v) is 3.79. The van der Waals surface area contributed by atoms with Crippen molar-refractivity contribution in [3.05, 3.63) is 72.1 Å². The average molecular weight is 420 g/mol. The van der Waals surface area contributed by atoms with Crippen molar-refractivity contribution in [2.45, 2.75) is 19.6 Å². The highest BCUT2D eigenvalue weighted by Gasteiger charge is 2.25. The van der Waals surface area contributed by atoms with E-state index in [0.717, 1.165) is 4.90 Å². The van der Waals surface area contributed by atoms with Crippen LogP contribution in [0.2, 0.25) is 0 Å². The molecule has 2 heterocycles. The molecule has 0 saturated heterocycles. The van der Waals surface area contributed by atoms with Crippen molar-refractivity contribution in [2.75, 3.05) is 13.1 Å². The number of benzene rings is 2. The van der Waals surface area contributed by atoms with E-state index in [1.54, 1.807) is 0 Å². The summed E-state index contributed by atoms with van der Waals surface area (Å²) >= 11 is 0. The van der Waals surface area contributed by atoms with Crippen LogP contribution in [0.1, 0.15) is 35.4 Å². The van der Waals surface area contributed by atoms with Crippen LogP contribution in [-0.2, 0) is 6.54 Å². The molecular weight excluding hydrogens is 392 g/mol. The van der Waals surface area contributed by atoms with Crippen LogP contribution in [0.3, 0.4) is 0 Å². The highest BCUT2D eigenvalue weighted by molar-refractivity contribution is 5.98. The molecular formula is C22H19F2N3O3. The summed E-state index contributed by atoms with van der Waals surface area (Å²) < 4.78 is 111. The second-order valence-electron chi connectivity index (χ2n) is 6.14. The van der Waals surface area contributed by atoms with E-state index < -0.39 is 95.6 Å². The molecule has 1 aliphatic rings. The lowest BCUT2D eigenvalue weighted by Crippen LogP contribution is -2.32. The number of halogens is 2. The lowest BCUT2D eigenvalue weighted by atomic mass is 10.0. The van der Waals surface area contributed by atoms with Gasteiger partial charge >= 0.3 is 6.11 Å². The SMILES string of the molecule is [2H]c1c([2H])c(-c2c([2H])c([2H])c3c(c2[2H])C(=O)N(Cc2ncccn2)CC([2H])([2H])O3)c([2H])c([2H])c1OC(C)(F)F. The van der Waals surface area contributed by atoms with E-state index in [2.05, 4.69) is 14.7 Å². The van der Waals surface area contributed by atoms with E-state index in [4.69, 9.17) is 17.1 Å². The summed E-state index contributed by atoms with van der Waals surface area (Å²) in [7, 11) is 0. The number of carbonyl (C=O) groups excluding carboxylic acids is 1. The van der Waals surface area contributed by atoms with Crippen molar-refractivity contribution in [1.82, 2.24) is 14.9 Å². The average Bonchev–Trinajstić information content (AvgIpc) is 2.94. The molecule has 1 aromatic heterocycles. The number of carbonyl (C=O) groups is 1. The van der Waals surface area contributed by atoms with Gasteiger partial charge in [-0.1, -0.05) is 18.1 Å². The minimum Gasteiger partial charge on any atom is -0.491 e. The number of nitrogens with zero attached hydrogens (tertiary/aromatic N) is 3. The minimum atomic E-state index is -3.85. The van der Waals surface area contributed by atoms with Gasteiger partial charge < -0.3 is 14.4 Å². The predicted octanol–water partition coefficient (Wildman–Crippen LogP) is 4.17. The quantitative estimate of drug-likeness (QED) is 0.620. The molecule has 0 aliphatic carbocycles. The van der Waals surface area contributed by atoms with Crippen molar-refractivity contribution in [1.29, 1.82) is 0 Å². The summed E-state index contributed by atoms with van der Waals surface area (Å²) in [4.78, 5) is 22.5. The van der Waals surface area contributed by atoms with Gasteiger partial charge in [0.2, 0.25) is 0 Å². The molecule has 4 rings (SSSR count). The summed E-state index contributed by atoms with van der Waals surface area (Å²) in [6.07, 6.45) is -1.05. The zero-order valence-corrected chi connectivity index (χ0v) is 15.5. The first-order valence-corrected chi connectivity index (χ1v) is 8.59. The maximum absolute atomic E-state index is 13.6. The van der Waals surface area contributed by atoms with Crippen LogP contribution in [0, 0.1) is 0 Å². The summed E-state index contributed by atoms with van der Waals surface area (Å²) in [5.41, 5.74) is -2.05. The highest BCUT2D eigenvalue weighted by atomic mass is 19.3. The molecule has 0 N–H and O–H groups in total. The molecule has 0 saturated carbocycles. The predicted molar refractivity (Wildman–Crippen MR) is 105 cm³/mol. The Labute approximate surface area is 184 Å². The fraction of sp³-hybridized carbons (Fsp3) is 0.227. The normalized spacial score (nSPS) is 19.9. The Morgan fingerprint density at radius 2 is 1.90 bits per heavy atom. The first-order valence-electron chi connectivity index (χ1n) is 13.1. The van der Waals surface area contributed by atoms with E-state index in [1.165, 1.54) is 18.5 Å². The third-order valence-electron chi connectivity index (χ3n) is 3.79. The van der Waals surface area contributed by atoms with Gasteiger partial charge in [-0.2, -0.15) is 8.78 Å². The van der Waals surface area contributed by atoms with Crippen molar-refractivity contribution in [3.63, 3.8) is 0 Å². The van der Waals surface area contributed by atoms with Gasteiger partial charge in [0, 0.05) is 19.3 Å². The standard InChI is InChI=1S/C22H19F2N3O3/c1-22(23,24)30-17-6-3-15(4-7-17)16-5-8-19-18(13-16)21(28)27(11-12-29-19)14-20-25-9-2-10-26-20/h2-10,13H,11-12,14H2,1H3/i3D,4D,5D,6D,7D,8D,12D2,13D. The molecule has 0 bridgehead atoms. The fourth-order valence-corrected chi connectivity index (χ4v) is 2.53. The van der Waals surface area contributed by atoms with Gasteiger partial charge in [0.25, 0.3) is 5.91 Å². The monoisotopic (exact) mass is 420 g/mol. The molecule has 30 heavy (non-hydrogen) atoms. The zero-order valence-electron chi connectivity index (χ0n) is 24.5. The minimum absolute atomic E-state index is 0.128. The number of amides is 1. The van der Waals surface area contributed by atoms with Gasteiger partial charge in [0.1, 0.15) is 23.9 Å². The number of rotatable bonds is 5. The van der Waals surface area contributed by atoms with E-state index >= 15 is 0 Å². The summed E-state index contributed by atoms with van der Waals surface area (Å²) in [5.74, 6) is -2.66. The molecule has 3 aromatic rings. The number of ether oxygens (including phenoxy) is 2. The van der Waals surface area contributed by atoms with Gasteiger partial charge in [-0.3, -0.25) is 4.79 Å². The van der Waals surface area contributed by atoms with E-state index in [9.17, 15) is 13.6 Å². The smallest absolute Gasteiger partial charge is 0.394 e. The van der Waals surface area contributed by atoms with Crippen LogP contribution in [-0.4, -0.2) is 40.0 Å². The molecule has 154 valence electrons. The molecule has 0 radical (unpaired) electrons. The van der Waals surface area contributed by atoms with Crippen LogP contribution >= 0.6 is 0 Å². The van der Waals surface area contributed by atoms with Crippen LogP contribution in [0.15, 0.2) is 60.8 Å². The Morgan fingerprint density at radius 1 is 1.20 bits per heavy atom. The lowest BCUT2D eigenvalue weighted by Gasteiger charge is -2.19. The summed E-state index contributed by atoms with van der Waals surface area (Å²) in [5, 5.41) is 0. The second-order valence-corrected chi connectivity index (χ2v) is 6.14. The number of aromatic nitrogens is 2. The van der Waals surface area contributed by atoms with Gasteiger partial charge in [0.15, 0.2) is 0 Å². The van der Waals surface area contributed by atoms with Gasteiger partial charge in [0.05, 0.1) is 31.0 Å². The Hall–Kier alpha value is -3.55. The molecule has 8 heteroatoms. The fourth-order valence-electron chi connectivity index (χ4n) is 2.53. The zero-order chi connectivity index (χ0) is 29.0. The number of hydrogen-bond acceptors (Lipinski definition) is 5. The first-order chi connectivity index (χ1) is 18.0. The number of hydrogen-bond donors (Lipinski definition) is 0. The van der Waals surface area contributed by atoms with Crippen LogP contribution in [0.25, 0.3) is 11.1 Å². The van der Waals surface area contributed by atoms with Crippen molar-refractivity contribution in [2.24, 2.45) is 0 Å². The molecule has 0 fully saturated rings. The lowest BCUT2D eigenvalue weighted by molar-refractivity contribution is -0.158. The van der Waals surface area contributed by atoms with Crippen molar-refractivity contribution >= 4 is 5.91 Å². The van der Waals surface area contributed by atoms with Crippen LogP contribution in [0.4, 0.5) is 8.78 Å². The largest absolute Gasteiger partial charge is 0.491 e. The Morgan fingerprint density at radius 3 is 2.60 bits per heavy atom. The van der Waals surface area contributed by atoms with Gasteiger partial charge in [-0.05, 0) is 41.4 Å². The van der Waals surface area contributed by atoms with Gasteiger partial charge in [-0.25, -0.2) is 9.97 Å². The first kappa shape index (κ1) is 11.6. The van der Waals surface area contributed by atoms with Gasteiger partial charge in [-0.15, -0.1) is 0 Å². The molecule has 0 unspecified atom stereocenters. The topological polar surface area (TPSA) is 64.6 Å². The number of alkyl halides is 2. The molecule has 1 aliphatic heterocycles. The molecule has 1 amide bonds. The number of fused-ring (bicyclic) bond motifs is 1. The maximum atomic E-state index is 13.6. The van der Waals surface area contributed by atoms with Crippen molar-refractivity contribution < 1.29 is 35.4 Å². The van der Waals surface area contributed by atoms with Crippen LogP contribution in [0.5, 0.6) is 11.5 Å². The molecule has 0 atom stereocenters. The Kier molecular flexibility index (Phi) is 3.11. The van der Waals surface area contributed by atoms with E-state index in [-0.39, 0.29) is 12.4 Å². The van der Waals surface area contributed by atoms with Crippen LogP contribution < -0.4 is 9.47 Å². The second kappa shape index (κ2) is 8.06. The molecule has 2 aromatic carbocycles. The molecule has 0 spiro atoms. The molecule has 6 nitrogen and oxygen atoms in total. The Balaban J connectivity index is 1.97. The van der Waals surface area contributed by atoms with E-state index in [1.807, 2.05) is 0 Å². The highest BCUT2D eigenvalue weighted by Crippen LogP contribution is 2.31. The summed E-state index contributed by atoms with van der Waals surface area (Å²) in [6, 6.07) is -5.02. The Bertz CT molecular complexity index is 1460. The maximum Gasteiger partial charge on any atom is 0.394 e. The van der Waals surface area contributed by atoms with Crippen molar-refractivity contribution in [3.8, 4) is 22.6 Å².